The lowest BCUT2D eigenvalue weighted by atomic mass is 10.2. The second-order valence-electron chi connectivity index (χ2n) is 4.75. The molecule has 0 saturated carbocycles. The van der Waals surface area contributed by atoms with Crippen molar-refractivity contribution in [1.29, 1.82) is 0 Å². The topological polar surface area (TPSA) is 58.3 Å². The van der Waals surface area contributed by atoms with Gasteiger partial charge in [0.2, 0.25) is 0 Å². The minimum absolute atomic E-state index is 0.205. The third-order valence-electron chi connectivity index (χ3n) is 3.47. The number of hydrogen-bond acceptors (Lipinski definition) is 5. The zero-order chi connectivity index (χ0) is 13.9. The number of hydrogen-bond donors (Lipinski definition) is 1. The van der Waals surface area contributed by atoms with Gasteiger partial charge in [0.25, 0.3) is 0 Å². The van der Waals surface area contributed by atoms with E-state index in [9.17, 15) is 4.39 Å². The molecule has 1 saturated heterocycles. The van der Waals surface area contributed by atoms with E-state index in [1.165, 1.54) is 18.5 Å². The van der Waals surface area contributed by atoms with Gasteiger partial charge in [-0.1, -0.05) is 0 Å². The number of aromatic nitrogens is 2. The Morgan fingerprint density at radius 1 is 0.950 bits per heavy atom. The van der Waals surface area contributed by atoms with E-state index in [0.29, 0.717) is 5.82 Å². The molecule has 3 rings (SSSR count). The van der Waals surface area contributed by atoms with Gasteiger partial charge in [-0.2, -0.15) is 0 Å². The Labute approximate surface area is 116 Å². The predicted octanol–water partition coefficient (Wildman–Crippen LogP) is 1.52. The average Bonchev–Trinajstić information content (AvgIpc) is 2.48. The van der Waals surface area contributed by atoms with Crippen LogP contribution in [0.2, 0.25) is 0 Å². The van der Waals surface area contributed by atoms with Crippen LogP contribution in [-0.4, -0.2) is 36.1 Å². The zero-order valence-corrected chi connectivity index (χ0v) is 11.0. The van der Waals surface area contributed by atoms with Gasteiger partial charge in [0.15, 0.2) is 0 Å². The van der Waals surface area contributed by atoms with Gasteiger partial charge in [0.05, 0.1) is 0 Å². The Bertz CT molecular complexity index is 578. The maximum absolute atomic E-state index is 12.9. The lowest BCUT2D eigenvalue weighted by Crippen LogP contribution is -2.46. The van der Waals surface area contributed by atoms with Crippen molar-refractivity contribution in [3.8, 4) is 0 Å². The minimum atomic E-state index is -0.205. The Hall–Kier alpha value is -2.37. The van der Waals surface area contributed by atoms with E-state index in [1.54, 1.807) is 6.07 Å². The molecule has 0 bridgehead atoms. The molecular formula is C14H16FN5. The van der Waals surface area contributed by atoms with E-state index >= 15 is 0 Å². The summed E-state index contributed by atoms with van der Waals surface area (Å²) in [6.07, 6.45) is 1.48. The highest BCUT2D eigenvalue weighted by molar-refractivity contribution is 5.51. The van der Waals surface area contributed by atoms with Crippen molar-refractivity contribution in [2.45, 2.75) is 0 Å². The van der Waals surface area contributed by atoms with Gasteiger partial charge in [-0.15, -0.1) is 0 Å². The molecule has 1 fully saturated rings. The molecule has 6 heteroatoms. The summed E-state index contributed by atoms with van der Waals surface area (Å²) < 4.78 is 12.9. The Kier molecular flexibility index (Phi) is 3.37. The summed E-state index contributed by atoms with van der Waals surface area (Å²) in [7, 11) is 0. The average molecular weight is 273 g/mol. The normalized spacial score (nSPS) is 15.4. The number of nitrogens with two attached hydrogens (primary N) is 1. The maximum atomic E-state index is 12.9. The minimum Gasteiger partial charge on any atom is -0.384 e. The number of nitrogen functional groups attached to an aromatic ring is 1. The fourth-order valence-corrected chi connectivity index (χ4v) is 2.38. The number of anilines is 3. The second-order valence-corrected chi connectivity index (χ2v) is 4.75. The van der Waals surface area contributed by atoms with Crippen molar-refractivity contribution in [1.82, 2.24) is 9.97 Å². The van der Waals surface area contributed by atoms with Gasteiger partial charge < -0.3 is 15.5 Å². The van der Waals surface area contributed by atoms with Crippen molar-refractivity contribution >= 4 is 17.3 Å². The number of halogens is 1. The van der Waals surface area contributed by atoms with Crippen LogP contribution in [0.15, 0.2) is 36.7 Å². The van der Waals surface area contributed by atoms with Crippen molar-refractivity contribution in [2.75, 3.05) is 41.7 Å². The molecule has 0 amide bonds. The van der Waals surface area contributed by atoms with Crippen molar-refractivity contribution < 1.29 is 4.39 Å². The smallest absolute Gasteiger partial charge is 0.134 e. The highest BCUT2D eigenvalue weighted by Crippen LogP contribution is 2.19. The van der Waals surface area contributed by atoms with E-state index < -0.39 is 0 Å². The molecule has 0 atom stereocenters. The van der Waals surface area contributed by atoms with Crippen molar-refractivity contribution in [2.24, 2.45) is 0 Å². The molecule has 2 heterocycles. The van der Waals surface area contributed by atoms with Gasteiger partial charge >= 0.3 is 0 Å². The number of piperazine rings is 1. The van der Waals surface area contributed by atoms with E-state index in [2.05, 4.69) is 19.8 Å². The summed E-state index contributed by atoms with van der Waals surface area (Å²) in [6, 6.07) is 8.40. The van der Waals surface area contributed by atoms with Gasteiger partial charge in [0, 0.05) is 37.9 Å². The summed E-state index contributed by atoms with van der Waals surface area (Å²) in [4.78, 5) is 12.6. The standard InChI is InChI=1S/C14H16FN5/c15-11-1-3-12(4-2-11)19-5-7-20(8-6-19)14-9-13(16)17-10-18-14/h1-4,9-10H,5-8H2,(H2,16,17,18). The second kappa shape index (κ2) is 5.32. The summed E-state index contributed by atoms with van der Waals surface area (Å²) in [6.45, 7) is 3.45. The molecule has 1 aliphatic rings. The molecule has 0 spiro atoms. The van der Waals surface area contributed by atoms with Crippen LogP contribution in [0, 0.1) is 5.82 Å². The summed E-state index contributed by atoms with van der Waals surface area (Å²) in [5, 5.41) is 0. The van der Waals surface area contributed by atoms with Crippen LogP contribution >= 0.6 is 0 Å². The van der Waals surface area contributed by atoms with Crippen LogP contribution in [0.4, 0.5) is 21.7 Å². The van der Waals surface area contributed by atoms with Crippen LogP contribution in [0.5, 0.6) is 0 Å². The summed E-state index contributed by atoms with van der Waals surface area (Å²) in [5.74, 6) is 1.14. The summed E-state index contributed by atoms with van der Waals surface area (Å²) in [5.41, 5.74) is 6.72. The zero-order valence-electron chi connectivity index (χ0n) is 11.0. The van der Waals surface area contributed by atoms with Crippen LogP contribution in [-0.2, 0) is 0 Å². The van der Waals surface area contributed by atoms with Gasteiger partial charge in [0.1, 0.15) is 23.8 Å². The highest BCUT2D eigenvalue weighted by Gasteiger charge is 2.18. The summed E-state index contributed by atoms with van der Waals surface area (Å²) >= 11 is 0. The lowest BCUT2D eigenvalue weighted by Gasteiger charge is -2.36. The van der Waals surface area contributed by atoms with Crippen LogP contribution in [0.1, 0.15) is 0 Å². The predicted molar refractivity (Wildman–Crippen MR) is 77.3 cm³/mol. The number of nitrogens with zero attached hydrogens (tertiary/aromatic N) is 4. The molecule has 1 aromatic carbocycles. The fraction of sp³-hybridized carbons (Fsp3) is 0.286. The van der Waals surface area contributed by atoms with E-state index in [1.807, 2.05) is 12.1 Å². The monoisotopic (exact) mass is 273 g/mol. The van der Waals surface area contributed by atoms with Crippen molar-refractivity contribution in [3.05, 3.63) is 42.5 Å². The number of benzene rings is 1. The molecule has 5 nitrogen and oxygen atoms in total. The first-order valence-electron chi connectivity index (χ1n) is 6.55. The van der Waals surface area contributed by atoms with E-state index in [0.717, 1.165) is 37.7 Å². The Morgan fingerprint density at radius 2 is 1.60 bits per heavy atom. The highest BCUT2D eigenvalue weighted by atomic mass is 19.1. The Balaban J connectivity index is 1.66. The molecule has 2 N–H and O–H groups in total. The van der Waals surface area contributed by atoms with Gasteiger partial charge in [-0.3, -0.25) is 0 Å². The van der Waals surface area contributed by atoms with Crippen molar-refractivity contribution in [3.63, 3.8) is 0 Å². The third kappa shape index (κ3) is 2.64. The first kappa shape index (κ1) is 12.7. The molecule has 20 heavy (non-hydrogen) atoms. The fourth-order valence-electron chi connectivity index (χ4n) is 2.38. The van der Waals surface area contributed by atoms with E-state index in [-0.39, 0.29) is 5.82 Å². The molecule has 104 valence electrons. The number of rotatable bonds is 2. The largest absolute Gasteiger partial charge is 0.384 e. The van der Waals surface area contributed by atoms with Crippen LogP contribution in [0.25, 0.3) is 0 Å². The molecule has 0 unspecified atom stereocenters. The first-order valence-corrected chi connectivity index (χ1v) is 6.55. The first-order chi connectivity index (χ1) is 9.72. The Morgan fingerprint density at radius 3 is 2.25 bits per heavy atom. The molecular weight excluding hydrogens is 257 g/mol. The maximum Gasteiger partial charge on any atom is 0.134 e. The SMILES string of the molecule is Nc1cc(N2CCN(c3ccc(F)cc3)CC2)ncn1. The molecule has 1 aromatic heterocycles. The molecule has 2 aromatic rings. The quantitative estimate of drug-likeness (QED) is 0.899. The molecule has 0 aliphatic carbocycles. The van der Waals surface area contributed by atoms with E-state index in [4.69, 9.17) is 5.73 Å². The van der Waals surface area contributed by atoms with Crippen LogP contribution in [0.3, 0.4) is 0 Å². The lowest BCUT2D eigenvalue weighted by molar-refractivity contribution is 0.624. The third-order valence-corrected chi connectivity index (χ3v) is 3.47. The van der Waals surface area contributed by atoms with Crippen LogP contribution < -0.4 is 15.5 Å². The van der Waals surface area contributed by atoms with Gasteiger partial charge in [-0.05, 0) is 24.3 Å². The van der Waals surface area contributed by atoms with Gasteiger partial charge in [-0.25, -0.2) is 14.4 Å². The molecule has 0 radical (unpaired) electrons. The molecule has 1 aliphatic heterocycles.